The topological polar surface area (TPSA) is 53.8 Å². The van der Waals surface area contributed by atoms with Gasteiger partial charge in [-0.2, -0.15) is 10.2 Å². The van der Waals surface area contributed by atoms with Crippen LogP contribution in [0.4, 0.5) is 0 Å². The third-order valence-corrected chi connectivity index (χ3v) is 3.60. The lowest BCUT2D eigenvalue weighted by Crippen LogP contribution is -2.31. The maximum atomic E-state index is 11.7. The van der Waals surface area contributed by atoms with Gasteiger partial charge in [-0.05, 0) is 12.3 Å². The third-order valence-electron chi connectivity index (χ3n) is 3.60. The second-order valence-corrected chi connectivity index (χ2v) is 5.00. The Morgan fingerprint density at radius 1 is 1.47 bits per heavy atom. The molecule has 0 aromatic rings. The zero-order chi connectivity index (χ0) is 12.1. The first-order valence-electron chi connectivity index (χ1n) is 6.38. The summed E-state index contributed by atoms with van der Waals surface area (Å²) < 4.78 is 0. The summed E-state index contributed by atoms with van der Waals surface area (Å²) in [6, 6.07) is 0. The molecule has 0 aromatic carbocycles. The molecule has 0 spiro atoms. The van der Waals surface area contributed by atoms with E-state index in [9.17, 15) is 4.79 Å². The quantitative estimate of drug-likeness (QED) is 0.674. The van der Waals surface area contributed by atoms with Gasteiger partial charge in [-0.1, -0.05) is 19.3 Å². The van der Waals surface area contributed by atoms with Gasteiger partial charge in [0.25, 0.3) is 0 Å². The molecular formula is C13H19N3O. The lowest BCUT2D eigenvalue weighted by atomic mass is 9.83. The number of terminal acetylenes is 1. The van der Waals surface area contributed by atoms with Crippen LogP contribution in [0.2, 0.25) is 0 Å². The van der Waals surface area contributed by atoms with E-state index in [2.05, 4.69) is 21.5 Å². The van der Waals surface area contributed by atoms with Crippen molar-refractivity contribution in [2.45, 2.75) is 50.6 Å². The van der Waals surface area contributed by atoms with Gasteiger partial charge in [-0.15, -0.1) is 12.3 Å². The Balaban J connectivity index is 1.58. The van der Waals surface area contributed by atoms with E-state index in [1.54, 1.807) is 0 Å². The molecule has 0 saturated heterocycles. The average Bonchev–Trinajstić information content (AvgIpc) is 2.99. The van der Waals surface area contributed by atoms with Crippen LogP contribution in [0, 0.1) is 18.3 Å². The molecule has 92 valence electrons. The van der Waals surface area contributed by atoms with E-state index in [0.717, 1.165) is 18.9 Å². The zero-order valence-electron chi connectivity index (χ0n) is 10.1. The number of amides is 1. The second-order valence-electron chi connectivity index (χ2n) is 5.00. The largest absolute Gasteiger partial charge is 0.356 e. The van der Waals surface area contributed by atoms with Crippen molar-refractivity contribution >= 4 is 5.91 Å². The van der Waals surface area contributed by atoms with Crippen LogP contribution in [0.1, 0.15) is 44.9 Å². The van der Waals surface area contributed by atoms with Gasteiger partial charge in [0.1, 0.15) is 0 Å². The minimum Gasteiger partial charge on any atom is -0.356 e. The number of hydrogen-bond acceptors (Lipinski definition) is 3. The van der Waals surface area contributed by atoms with Crippen LogP contribution in [0.25, 0.3) is 0 Å². The van der Waals surface area contributed by atoms with E-state index in [1.807, 2.05) is 0 Å². The van der Waals surface area contributed by atoms with Gasteiger partial charge < -0.3 is 5.32 Å². The molecule has 0 atom stereocenters. The molecule has 1 aliphatic heterocycles. The molecule has 1 aliphatic carbocycles. The fraction of sp³-hybridized carbons (Fsp3) is 0.769. The molecule has 4 nitrogen and oxygen atoms in total. The SMILES string of the molecule is C#CCCC1(CC(=O)NCCC2CCC2)N=N1. The molecule has 0 aromatic heterocycles. The fourth-order valence-corrected chi connectivity index (χ4v) is 2.12. The van der Waals surface area contributed by atoms with E-state index in [-0.39, 0.29) is 5.91 Å². The van der Waals surface area contributed by atoms with Crippen molar-refractivity contribution < 1.29 is 4.79 Å². The smallest absolute Gasteiger partial charge is 0.224 e. The second kappa shape index (κ2) is 5.31. The number of nitrogens with zero attached hydrogens (tertiary/aromatic N) is 2. The lowest BCUT2D eigenvalue weighted by Gasteiger charge is -2.25. The van der Waals surface area contributed by atoms with Crippen LogP contribution in [0.3, 0.4) is 0 Å². The summed E-state index contributed by atoms with van der Waals surface area (Å²) >= 11 is 0. The molecule has 0 radical (unpaired) electrons. The summed E-state index contributed by atoms with van der Waals surface area (Å²) in [4.78, 5) is 11.7. The van der Waals surface area contributed by atoms with Gasteiger partial charge in [0.05, 0.1) is 6.42 Å². The highest BCUT2D eigenvalue weighted by atomic mass is 16.1. The fourth-order valence-electron chi connectivity index (χ4n) is 2.12. The van der Waals surface area contributed by atoms with Gasteiger partial charge >= 0.3 is 0 Å². The molecule has 1 N–H and O–H groups in total. The monoisotopic (exact) mass is 233 g/mol. The molecule has 4 heteroatoms. The Morgan fingerprint density at radius 3 is 2.76 bits per heavy atom. The highest BCUT2D eigenvalue weighted by Crippen LogP contribution is 2.36. The Labute approximate surface area is 102 Å². The molecule has 1 heterocycles. The van der Waals surface area contributed by atoms with Crippen molar-refractivity contribution in [3.05, 3.63) is 0 Å². The van der Waals surface area contributed by atoms with E-state index in [1.165, 1.54) is 19.3 Å². The predicted molar refractivity (Wildman–Crippen MR) is 65.2 cm³/mol. The number of hydrogen-bond donors (Lipinski definition) is 1. The molecule has 17 heavy (non-hydrogen) atoms. The first-order chi connectivity index (χ1) is 8.24. The van der Waals surface area contributed by atoms with E-state index in [4.69, 9.17) is 6.42 Å². The van der Waals surface area contributed by atoms with E-state index < -0.39 is 5.66 Å². The normalized spacial score (nSPS) is 20.4. The van der Waals surface area contributed by atoms with E-state index in [0.29, 0.717) is 19.3 Å². The van der Waals surface area contributed by atoms with Crippen molar-refractivity contribution in [2.75, 3.05) is 6.54 Å². The minimum absolute atomic E-state index is 0.0475. The first kappa shape index (κ1) is 12.1. The zero-order valence-corrected chi connectivity index (χ0v) is 10.1. The Bertz CT molecular complexity index is 346. The molecular weight excluding hydrogens is 214 g/mol. The van der Waals surface area contributed by atoms with Crippen LogP contribution >= 0.6 is 0 Å². The summed E-state index contributed by atoms with van der Waals surface area (Å²) in [6.07, 6.45) is 12.0. The summed E-state index contributed by atoms with van der Waals surface area (Å²) in [6.45, 7) is 0.786. The molecule has 1 amide bonds. The van der Waals surface area contributed by atoms with E-state index >= 15 is 0 Å². The average molecular weight is 233 g/mol. The van der Waals surface area contributed by atoms with Crippen molar-refractivity contribution in [1.82, 2.24) is 5.32 Å². The Kier molecular flexibility index (Phi) is 3.78. The summed E-state index contributed by atoms with van der Waals surface area (Å²) in [5.74, 6) is 3.44. The summed E-state index contributed by atoms with van der Waals surface area (Å²) in [7, 11) is 0. The number of nitrogens with one attached hydrogen (secondary N) is 1. The number of carbonyl (C=O) groups excluding carboxylic acids is 1. The van der Waals surface area contributed by atoms with Crippen LogP contribution in [0.15, 0.2) is 10.2 Å². The highest BCUT2D eigenvalue weighted by Gasteiger charge is 2.41. The lowest BCUT2D eigenvalue weighted by molar-refractivity contribution is -0.121. The molecule has 1 fully saturated rings. The summed E-state index contributed by atoms with van der Waals surface area (Å²) in [5, 5.41) is 10.8. The number of carbonyl (C=O) groups is 1. The van der Waals surface area contributed by atoms with Gasteiger partial charge in [-0.25, -0.2) is 0 Å². The van der Waals surface area contributed by atoms with Crippen molar-refractivity contribution in [3.63, 3.8) is 0 Å². The van der Waals surface area contributed by atoms with Crippen molar-refractivity contribution in [3.8, 4) is 12.3 Å². The minimum atomic E-state index is -0.479. The Morgan fingerprint density at radius 2 is 2.24 bits per heavy atom. The van der Waals surface area contributed by atoms with Crippen LogP contribution in [-0.4, -0.2) is 18.1 Å². The summed E-state index contributed by atoms with van der Waals surface area (Å²) in [5.41, 5.74) is -0.479. The molecule has 0 unspecified atom stereocenters. The molecule has 2 rings (SSSR count). The highest BCUT2D eigenvalue weighted by molar-refractivity contribution is 5.77. The standard InChI is InChI=1S/C13H19N3O/c1-2-3-8-13(15-16-13)10-12(17)14-9-7-11-5-4-6-11/h1,11H,3-10H2,(H,14,17). The molecule has 0 bridgehead atoms. The maximum absolute atomic E-state index is 11.7. The third kappa shape index (κ3) is 3.55. The van der Waals surface area contributed by atoms with Crippen molar-refractivity contribution in [2.24, 2.45) is 16.1 Å². The van der Waals surface area contributed by atoms with Crippen LogP contribution in [0.5, 0.6) is 0 Å². The van der Waals surface area contributed by atoms with Crippen LogP contribution < -0.4 is 5.32 Å². The van der Waals surface area contributed by atoms with Gasteiger partial charge in [0.2, 0.25) is 11.6 Å². The van der Waals surface area contributed by atoms with Gasteiger partial charge in [0.15, 0.2) is 0 Å². The molecule has 2 aliphatic rings. The predicted octanol–water partition coefficient (Wildman–Crippen LogP) is 2.26. The first-order valence-corrected chi connectivity index (χ1v) is 6.38. The maximum Gasteiger partial charge on any atom is 0.224 e. The molecule has 1 saturated carbocycles. The van der Waals surface area contributed by atoms with Crippen molar-refractivity contribution in [1.29, 1.82) is 0 Å². The van der Waals surface area contributed by atoms with Gasteiger partial charge in [0, 0.05) is 19.4 Å². The van der Waals surface area contributed by atoms with Crippen LogP contribution in [-0.2, 0) is 4.79 Å². The number of rotatable bonds is 7. The van der Waals surface area contributed by atoms with Gasteiger partial charge in [-0.3, -0.25) is 4.79 Å². The Hall–Kier alpha value is -1.37.